The Bertz CT molecular complexity index is 552. The van der Waals surface area contributed by atoms with E-state index < -0.39 is 28.6 Å². The second-order valence-electron chi connectivity index (χ2n) is 3.72. The third-order valence-electron chi connectivity index (χ3n) is 1.99. The van der Waals surface area contributed by atoms with Gasteiger partial charge in [0, 0.05) is 11.9 Å². The molecule has 0 heterocycles. The summed E-state index contributed by atoms with van der Waals surface area (Å²) in [6, 6.07) is 4.03. The standard InChI is InChI=1S/C10H11F3N2O3S/c1-19(17,18)8-4-2-7(3-5-8)15-9(16)14-6-10(11,12)13/h2-5H,6H2,1H3,(H2,14,15,16). The molecule has 0 aliphatic heterocycles. The molecule has 9 heteroatoms. The number of alkyl halides is 3. The number of sulfone groups is 1. The zero-order chi connectivity index (χ0) is 14.7. The molecule has 0 atom stereocenters. The molecule has 0 unspecified atom stereocenters. The van der Waals surface area contributed by atoms with Crippen molar-refractivity contribution in [3.05, 3.63) is 24.3 Å². The van der Waals surface area contributed by atoms with Crippen LogP contribution in [0.2, 0.25) is 0 Å². The fraction of sp³-hybridized carbons (Fsp3) is 0.300. The molecule has 0 aliphatic carbocycles. The monoisotopic (exact) mass is 296 g/mol. The van der Waals surface area contributed by atoms with E-state index in [1.54, 1.807) is 5.32 Å². The van der Waals surface area contributed by atoms with Crippen LogP contribution in [0.1, 0.15) is 0 Å². The van der Waals surface area contributed by atoms with Crippen LogP contribution in [-0.4, -0.2) is 33.4 Å². The van der Waals surface area contributed by atoms with Crippen molar-refractivity contribution in [3.63, 3.8) is 0 Å². The Balaban J connectivity index is 2.61. The van der Waals surface area contributed by atoms with E-state index >= 15 is 0 Å². The molecule has 1 rings (SSSR count). The number of urea groups is 1. The minimum absolute atomic E-state index is 0.0498. The van der Waals surface area contributed by atoms with E-state index in [2.05, 4.69) is 5.32 Å². The first-order valence-corrected chi connectivity index (χ1v) is 6.89. The Hall–Kier alpha value is -1.77. The smallest absolute Gasteiger partial charge is 0.329 e. The summed E-state index contributed by atoms with van der Waals surface area (Å²) in [4.78, 5) is 11.2. The van der Waals surface area contributed by atoms with Crippen LogP contribution < -0.4 is 10.6 Å². The van der Waals surface area contributed by atoms with E-state index in [9.17, 15) is 26.4 Å². The van der Waals surface area contributed by atoms with Gasteiger partial charge in [-0.2, -0.15) is 13.2 Å². The summed E-state index contributed by atoms with van der Waals surface area (Å²) in [5.74, 6) is 0. The number of amides is 2. The number of anilines is 1. The van der Waals surface area contributed by atoms with E-state index in [-0.39, 0.29) is 10.6 Å². The molecule has 0 spiro atoms. The van der Waals surface area contributed by atoms with Crippen LogP contribution in [0.25, 0.3) is 0 Å². The third kappa shape index (κ3) is 5.60. The van der Waals surface area contributed by atoms with Crippen LogP contribution in [0.4, 0.5) is 23.7 Å². The van der Waals surface area contributed by atoms with Gasteiger partial charge in [0.05, 0.1) is 4.90 Å². The van der Waals surface area contributed by atoms with Gasteiger partial charge in [0.25, 0.3) is 0 Å². The van der Waals surface area contributed by atoms with Gasteiger partial charge in [-0.15, -0.1) is 0 Å². The molecule has 0 aromatic heterocycles. The fourth-order valence-corrected chi connectivity index (χ4v) is 1.77. The molecule has 2 amide bonds. The average Bonchev–Trinajstić information content (AvgIpc) is 2.25. The Morgan fingerprint density at radius 3 is 2.16 bits per heavy atom. The molecule has 19 heavy (non-hydrogen) atoms. The van der Waals surface area contributed by atoms with Crippen molar-refractivity contribution in [1.29, 1.82) is 0 Å². The molecule has 0 fully saturated rings. The molecule has 2 N–H and O–H groups in total. The quantitative estimate of drug-likeness (QED) is 0.892. The minimum atomic E-state index is -4.49. The fourth-order valence-electron chi connectivity index (χ4n) is 1.14. The first-order valence-electron chi connectivity index (χ1n) is 5.00. The number of carbonyl (C=O) groups is 1. The van der Waals surface area contributed by atoms with Crippen molar-refractivity contribution in [2.45, 2.75) is 11.1 Å². The van der Waals surface area contributed by atoms with Gasteiger partial charge in [0.1, 0.15) is 6.54 Å². The maximum atomic E-state index is 11.8. The van der Waals surface area contributed by atoms with Crippen molar-refractivity contribution in [1.82, 2.24) is 5.32 Å². The topological polar surface area (TPSA) is 75.3 Å². The largest absolute Gasteiger partial charge is 0.405 e. The lowest BCUT2D eigenvalue weighted by Gasteiger charge is -2.10. The number of nitrogens with one attached hydrogen (secondary N) is 2. The number of rotatable bonds is 3. The molecular formula is C10H11F3N2O3S. The van der Waals surface area contributed by atoms with E-state index in [1.807, 2.05) is 0 Å². The Labute approximate surface area is 107 Å². The van der Waals surface area contributed by atoms with Gasteiger partial charge in [-0.1, -0.05) is 0 Å². The molecule has 1 aromatic carbocycles. The predicted molar refractivity (Wildman–Crippen MR) is 62.6 cm³/mol. The zero-order valence-electron chi connectivity index (χ0n) is 9.78. The molecule has 0 radical (unpaired) electrons. The maximum absolute atomic E-state index is 11.8. The summed E-state index contributed by atoms with van der Waals surface area (Å²) < 4.78 is 57.8. The van der Waals surface area contributed by atoms with Gasteiger partial charge in [0.15, 0.2) is 9.84 Å². The highest BCUT2D eigenvalue weighted by atomic mass is 32.2. The summed E-state index contributed by atoms with van der Waals surface area (Å²) in [6.07, 6.45) is -3.47. The van der Waals surface area contributed by atoms with Gasteiger partial charge in [-0.05, 0) is 24.3 Å². The molecule has 106 valence electrons. The average molecular weight is 296 g/mol. The Morgan fingerprint density at radius 1 is 1.21 bits per heavy atom. The lowest BCUT2D eigenvalue weighted by Crippen LogP contribution is -2.36. The molecule has 0 aliphatic rings. The van der Waals surface area contributed by atoms with Gasteiger partial charge in [-0.25, -0.2) is 13.2 Å². The van der Waals surface area contributed by atoms with E-state index in [4.69, 9.17) is 0 Å². The van der Waals surface area contributed by atoms with Crippen LogP contribution in [0.5, 0.6) is 0 Å². The van der Waals surface area contributed by atoms with E-state index in [0.29, 0.717) is 0 Å². The molecule has 0 bridgehead atoms. The highest BCUT2D eigenvalue weighted by molar-refractivity contribution is 7.90. The normalized spacial score (nSPS) is 12.0. The lowest BCUT2D eigenvalue weighted by molar-refractivity contribution is -0.122. The third-order valence-corrected chi connectivity index (χ3v) is 3.12. The zero-order valence-corrected chi connectivity index (χ0v) is 10.6. The van der Waals surface area contributed by atoms with Crippen LogP contribution >= 0.6 is 0 Å². The number of halogens is 3. The van der Waals surface area contributed by atoms with Crippen molar-refractivity contribution in [3.8, 4) is 0 Å². The molecule has 1 aromatic rings. The van der Waals surface area contributed by atoms with Crippen LogP contribution in [0.3, 0.4) is 0 Å². The number of carbonyl (C=O) groups excluding carboxylic acids is 1. The van der Waals surface area contributed by atoms with Crippen molar-refractivity contribution >= 4 is 21.6 Å². The summed E-state index contributed by atoms with van der Waals surface area (Å²) in [5.41, 5.74) is 0.187. The second-order valence-corrected chi connectivity index (χ2v) is 5.74. The summed E-state index contributed by atoms with van der Waals surface area (Å²) in [5, 5.41) is 3.77. The lowest BCUT2D eigenvalue weighted by atomic mass is 10.3. The molecular weight excluding hydrogens is 285 g/mol. The van der Waals surface area contributed by atoms with Crippen LogP contribution in [0, 0.1) is 0 Å². The predicted octanol–water partition coefficient (Wildman–Crippen LogP) is 1.77. The molecule has 0 saturated carbocycles. The Morgan fingerprint density at radius 2 is 1.74 bits per heavy atom. The number of hydrogen-bond donors (Lipinski definition) is 2. The molecule has 5 nitrogen and oxygen atoms in total. The van der Waals surface area contributed by atoms with E-state index in [0.717, 1.165) is 6.26 Å². The first kappa shape index (κ1) is 15.3. The van der Waals surface area contributed by atoms with Gasteiger partial charge < -0.3 is 10.6 Å². The highest BCUT2D eigenvalue weighted by Gasteiger charge is 2.27. The van der Waals surface area contributed by atoms with E-state index in [1.165, 1.54) is 24.3 Å². The first-order chi connectivity index (χ1) is 8.58. The summed E-state index contributed by atoms with van der Waals surface area (Å²) in [7, 11) is -3.35. The molecule has 0 saturated heterocycles. The van der Waals surface area contributed by atoms with Crippen molar-refractivity contribution < 1.29 is 26.4 Å². The maximum Gasteiger partial charge on any atom is 0.405 e. The van der Waals surface area contributed by atoms with Crippen molar-refractivity contribution in [2.24, 2.45) is 0 Å². The van der Waals surface area contributed by atoms with Gasteiger partial charge in [0.2, 0.25) is 0 Å². The Kier molecular flexibility index (Phi) is 4.40. The minimum Gasteiger partial charge on any atom is -0.329 e. The summed E-state index contributed by atoms with van der Waals surface area (Å²) in [6.45, 7) is -1.44. The summed E-state index contributed by atoms with van der Waals surface area (Å²) >= 11 is 0. The van der Waals surface area contributed by atoms with Crippen LogP contribution in [-0.2, 0) is 9.84 Å². The van der Waals surface area contributed by atoms with Gasteiger partial charge in [-0.3, -0.25) is 0 Å². The SMILES string of the molecule is CS(=O)(=O)c1ccc(NC(=O)NCC(F)(F)F)cc1. The number of benzene rings is 1. The number of hydrogen-bond acceptors (Lipinski definition) is 3. The van der Waals surface area contributed by atoms with Crippen molar-refractivity contribution in [2.75, 3.05) is 18.1 Å². The van der Waals surface area contributed by atoms with Gasteiger partial charge >= 0.3 is 12.2 Å². The highest BCUT2D eigenvalue weighted by Crippen LogP contribution is 2.14. The van der Waals surface area contributed by atoms with Crippen LogP contribution in [0.15, 0.2) is 29.2 Å². The second kappa shape index (κ2) is 5.47.